The standard InChI is InChI=1S/C22H25N3O2/c1-15(14-20-16(2)25-27-17(20)3)23-22(26)24-21(18-10-6-4-7-11-18)19-12-8-5-9-13-19/h4-13,15,21H,14H2,1-3H3,(H2,23,24,26). The van der Waals surface area contributed by atoms with Crippen LogP contribution in [0.25, 0.3) is 0 Å². The molecule has 2 N–H and O–H groups in total. The molecule has 27 heavy (non-hydrogen) atoms. The van der Waals surface area contributed by atoms with Gasteiger partial charge in [0.15, 0.2) is 0 Å². The van der Waals surface area contributed by atoms with Gasteiger partial charge in [-0.25, -0.2) is 4.79 Å². The summed E-state index contributed by atoms with van der Waals surface area (Å²) in [5.74, 6) is 0.799. The minimum atomic E-state index is -0.210. The zero-order valence-corrected chi connectivity index (χ0v) is 15.9. The van der Waals surface area contributed by atoms with Gasteiger partial charge in [-0.3, -0.25) is 0 Å². The minimum Gasteiger partial charge on any atom is -0.361 e. The Morgan fingerprint density at radius 1 is 0.963 bits per heavy atom. The highest BCUT2D eigenvalue weighted by atomic mass is 16.5. The number of carbonyl (C=O) groups is 1. The smallest absolute Gasteiger partial charge is 0.315 e. The number of benzene rings is 2. The Bertz CT molecular complexity index is 816. The highest BCUT2D eigenvalue weighted by Gasteiger charge is 2.19. The van der Waals surface area contributed by atoms with Crippen LogP contribution in [0.5, 0.6) is 0 Å². The molecular weight excluding hydrogens is 338 g/mol. The first-order chi connectivity index (χ1) is 13.0. The Balaban J connectivity index is 1.69. The lowest BCUT2D eigenvalue weighted by molar-refractivity contribution is 0.235. The Morgan fingerprint density at radius 3 is 2.00 bits per heavy atom. The van der Waals surface area contributed by atoms with Crippen LogP contribution in [0.4, 0.5) is 4.79 Å². The summed E-state index contributed by atoms with van der Waals surface area (Å²) in [5.41, 5.74) is 3.99. The molecule has 5 nitrogen and oxygen atoms in total. The molecule has 2 aromatic carbocycles. The van der Waals surface area contributed by atoms with Crippen molar-refractivity contribution in [3.05, 3.63) is 88.8 Å². The van der Waals surface area contributed by atoms with Gasteiger partial charge in [0, 0.05) is 11.6 Å². The van der Waals surface area contributed by atoms with Gasteiger partial charge in [0.1, 0.15) is 5.76 Å². The highest BCUT2D eigenvalue weighted by molar-refractivity contribution is 5.75. The number of hydrogen-bond donors (Lipinski definition) is 2. The number of nitrogens with zero attached hydrogens (tertiary/aromatic N) is 1. The molecule has 0 saturated carbocycles. The van der Waals surface area contributed by atoms with Crippen molar-refractivity contribution in [3.63, 3.8) is 0 Å². The second-order valence-corrected chi connectivity index (χ2v) is 6.78. The molecule has 2 amide bonds. The first-order valence-corrected chi connectivity index (χ1v) is 9.13. The van der Waals surface area contributed by atoms with Gasteiger partial charge in [-0.1, -0.05) is 65.8 Å². The van der Waals surface area contributed by atoms with Crippen LogP contribution in [0.2, 0.25) is 0 Å². The van der Waals surface area contributed by atoms with Crippen LogP contribution in [-0.4, -0.2) is 17.2 Å². The van der Waals surface area contributed by atoms with Crippen molar-refractivity contribution in [2.75, 3.05) is 0 Å². The molecule has 0 fully saturated rings. The zero-order valence-electron chi connectivity index (χ0n) is 15.9. The van der Waals surface area contributed by atoms with Crippen LogP contribution in [0.15, 0.2) is 65.2 Å². The van der Waals surface area contributed by atoms with E-state index >= 15 is 0 Å². The topological polar surface area (TPSA) is 67.2 Å². The molecule has 3 rings (SSSR count). The fraction of sp³-hybridized carbons (Fsp3) is 0.273. The van der Waals surface area contributed by atoms with E-state index in [4.69, 9.17) is 4.52 Å². The number of urea groups is 1. The van der Waals surface area contributed by atoms with Crippen molar-refractivity contribution in [2.24, 2.45) is 0 Å². The lowest BCUT2D eigenvalue weighted by Crippen LogP contribution is -2.43. The number of nitrogens with one attached hydrogen (secondary N) is 2. The molecule has 0 radical (unpaired) electrons. The summed E-state index contributed by atoms with van der Waals surface area (Å²) < 4.78 is 5.20. The Kier molecular flexibility index (Phi) is 5.91. The van der Waals surface area contributed by atoms with E-state index in [1.165, 1.54) is 0 Å². The summed E-state index contributed by atoms with van der Waals surface area (Å²) in [5, 5.41) is 10.1. The molecule has 3 aromatic rings. The predicted octanol–water partition coefficient (Wildman–Crippen LogP) is 4.31. The average molecular weight is 363 g/mol. The molecule has 0 spiro atoms. The second kappa shape index (κ2) is 8.54. The zero-order chi connectivity index (χ0) is 19.2. The SMILES string of the molecule is Cc1noc(C)c1CC(C)NC(=O)NC(c1ccccc1)c1ccccc1. The van der Waals surface area contributed by atoms with Gasteiger partial charge in [-0.2, -0.15) is 0 Å². The van der Waals surface area contributed by atoms with Crippen LogP contribution in [0, 0.1) is 13.8 Å². The summed E-state index contributed by atoms with van der Waals surface area (Å²) in [7, 11) is 0. The molecule has 5 heteroatoms. The van der Waals surface area contributed by atoms with E-state index in [1.807, 2.05) is 81.4 Å². The monoisotopic (exact) mass is 363 g/mol. The molecule has 0 bridgehead atoms. The normalized spacial score (nSPS) is 12.0. The quantitative estimate of drug-likeness (QED) is 0.686. The largest absolute Gasteiger partial charge is 0.361 e. The lowest BCUT2D eigenvalue weighted by atomic mass is 9.99. The summed E-state index contributed by atoms with van der Waals surface area (Å²) in [6, 6.07) is 19.5. The average Bonchev–Trinajstić information content (AvgIpc) is 2.99. The van der Waals surface area contributed by atoms with E-state index in [0.717, 1.165) is 28.1 Å². The molecule has 1 aromatic heterocycles. The maximum absolute atomic E-state index is 12.6. The van der Waals surface area contributed by atoms with Gasteiger partial charge in [0.2, 0.25) is 0 Å². The molecule has 140 valence electrons. The Morgan fingerprint density at radius 2 is 1.52 bits per heavy atom. The maximum Gasteiger partial charge on any atom is 0.315 e. The molecule has 0 saturated heterocycles. The maximum atomic E-state index is 12.6. The van der Waals surface area contributed by atoms with Gasteiger partial charge in [0.05, 0.1) is 11.7 Å². The van der Waals surface area contributed by atoms with Crippen molar-refractivity contribution in [1.82, 2.24) is 15.8 Å². The van der Waals surface area contributed by atoms with E-state index in [1.54, 1.807) is 0 Å². The third-order valence-corrected chi connectivity index (χ3v) is 4.61. The predicted molar refractivity (Wildman–Crippen MR) is 106 cm³/mol. The number of amides is 2. The molecule has 0 aliphatic heterocycles. The van der Waals surface area contributed by atoms with E-state index in [0.29, 0.717) is 6.42 Å². The number of hydrogen-bond acceptors (Lipinski definition) is 3. The summed E-state index contributed by atoms with van der Waals surface area (Å²) >= 11 is 0. The summed E-state index contributed by atoms with van der Waals surface area (Å²) in [6.45, 7) is 5.79. The van der Waals surface area contributed by atoms with Crippen molar-refractivity contribution in [3.8, 4) is 0 Å². The molecular formula is C22H25N3O2. The number of carbonyl (C=O) groups excluding carboxylic acids is 1. The van der Waals surface area contributed by atoms with E-state index in [2.05, 4.69) is 15.8 Å². The van der Waals surface area contributed by atoms with Gasteiger partial charge in [-0.15, -0.1) is 0 Å². The fourth-order valence-corrected chi connectivity index (χ4v) is 3.20. The first kappa shape index (κ1) is 18.7. The minimum absolute atomic E-state index is 0.0472. The van der Waals surface area contributed by atoms with E-state index in [9.17, 15) is 4.79 Å². The molecule has 0 aliphatic carbocycles. The highest BCUT2D eigenvalue weighted by Crippen LogP contribution is 2.21. The van der Waals surface area contributed by atoms with Gasteiger partial charge < -0.3 is 15.2 Å². The first-order valence-electron chi connectivity index (χ1n) is 9.13. The van der Waals surface area contributed by atoms with Crippen molar-refractivity contribution in [2.45, 2.75) is 39.3 Å². The van der Waals surface area contributed by atoms with Crippen LogP contribution in [0.1, 0.15) is 41.1 Å². The molecule has 1 unspecified atom stereocenters. The third-order valence-electron chi connectivity index (χ3n) is 4.61. The van der Waals surface area contributed by atoms with Gasteiger partial charge in [-0.05, 0) is 38.3 Å². The van der Waals surface area contributed by atoms with Crippen LogP contribution >= 0.6 is 0 Å². The molecule has 1 atom stereocenters. The van der Waals surface area contributed by atoms with Crippen LogP contribution in [0.3, 0.4) is 0 Å². The van der Waals surface area contributed by atoms with Gasteiger partial charge in [0.25, 0.3) is 0 Å². The lowest BCUT2D eigenvalue weighted by Gasteiger charge is -2.22. The molecule has 0 aliphatic rings. The second-order valence-electron chi connectivity index (χ2n) is 6.78. The summed E-state index contributed by atoms with van der Waals surface area (Å²) in [6.07, 6.45) is 0.677. The van der Waals surface area contributed by atoms with E-state index < -0.39 is 0 Å². The summed E-state index contributed by atoms with van der Waals surface area (Å²) in [4.78, 5) is 12.6. The third kappa shape index (κ3) is 4.76. The van der Waals surface area contributed by atoms with Crippen LogP contribution in [-0.2, 0) is 6.42 Å². The number of aromatic nitrogens is 1. The number of rotatable bonds is 6. The van der Waals surface area contributed by atoms with Crippen molar-refractivity contribution >= 4 is 6.03 Å². The Hall–Kier alpha value is -3.08. The van der Waals surface area contributed by atoms with Crippen molar-refractivity contribution in [1.29, 1.82) is 0 Å². The number of aryl methyl sites for hydroxylation is 2. The molecule has 1 heterocycles. The van der Waals surface area contributed by atoms with Crippen molar-refractivity contribution < 1.29 is 9.32 Å². The van der Waals surface area contributed by atoms with Crippen LogP contribution < -0.4 is 10.6 Å². The Labute approximate surface area is 159 Å². The van der Waals surface area contributed by atoms with E-state index in [-0.39, 0.29) is 18.1 Å². The van der Waals surface area contributed by atoms with Gasteiger partial charge >= 0.3 is 6.03 Å². The fourth-order valence-electron chi connectivity index (χ4n) is 3.20.